The Morgan fingerprint density at radius 1 is 1.47 bits per heavy atom. The van der Waals surface area contributed by atoms with Gasteiger partial charge in [0.1, 0.15) is 5.69 Å². The average Bonchev–Trinajstić information content (AvgIpc) is 2.70. The molecule has 2 aromatic rings. The molecule has 0 saturated carbocycles. The number of thiazole rings is 1. The van der Waals surface area contributed by atoms with Crippen molar-refractivity contribution in [3.63, 3.8) is 0 Å². The molecule has 0 aromatic carbocycles. The molecule has 0 bridgehead atoms. The third kappa shape index (κ3) is 2.70. The van der Waals surface area contributed by atoms with Gasteiger partial charge in [-0.1, -0.05) is 0 Å². The Morgan fingerprint density at radius 3 is 3.00 bits per heavy atom. The Morgan fingerprint density at radius 2 is 2.33 bits per heavy atom. The van der Waals surface area contributed by atoms with Crippen LogP contribution in [-0.4, -0.2) is 15.8 Å². The molecule has 0 saturated heterocycles. The van der Waals surface area contributed by atoms with Crippen molar-refractivity contribution in [2.75, 3.05) is 0 Å². The lowest BCUT2D eigenvalue weighted by molar-refractivity contribution is 0.0989. The van der Waals surface area contributed by atoms with Crippen molar-refractivity contribution in [1.82, 2.24) is 9.97 Å². The van der Waals surface area contributed by atoms with Gasteiger partial charge >= 0.3 is 0 Å². The topological polar surface area (TPSA) is 42.9 Å². The monoisotopic (exact) mass is 282 g/mol. The molecule has 0 amide bonds. The van der Waals surface area contributed by atoms with E-state index in [9.17, 15) is 4.79 Å². The number of halogens is 1. The number of carbonyl (C=O) groups is 1. The molecule has 0 spiro atoms. The Labute approximate surface area is 99.3 Å². The fourth-order valence-electron chi connectivity index (χ4n) is 1.18. The molecule has 0 N–H and O–H groups in total. The fraction of sp³-hybridized carbons (Fsp3) is 0.100. The Kier molecular flexibility index (Phi) is 3.23. The summed E-state index contributed by atoms with van der Waals surface area (Å²) in [6, 6.07) is 1.89. The summed E-state index contributed by atoms with van der Waals surface area (Å²) in [5.74, 6) is 0.0242. The molecule has 0 radical (unpaired) electrons. The van der Waals surface area contributed by atoms with Gasteiger partial charge < -0.3 is 0 Å². The lowest BCUT2D eigenvalue weighted by Crippen LogP contribution is -2.03. The lowest BCUT2D eigenvalue weighted by atomic mass is 10.1. The van der Waals surface area contributed by atoms with E-state index in [-0.39, 0.29) is 5.78 Å². The molecular weight excluding hydrogens is 276 g/mol. The Balaban J connectivity index is 2.13. The molecule has 0 atom stereocenters. The molecule has 0 aliphatic heterocycles. The summed E-state index contributed by atoms with van der Waals surface area (Å²) in [6.45, 7) is 0. The summed E-state index contributed by atoms with van der Waals surface area (Å²) in [5.41, 5.74) is 3.08. The minimum atomic E-state index is 0.0242. The second-order valence-corrected chi connectivity index (χ2v) is 4.62. The van der Waals surface area contributed by atoms with Crippen molar-refractivity contribution in [2.24, 2.45) is 0 Å². The van der Waals surface area contributed by atoms with Crippen LogP contribution in [0.2, 0.25) is 0 Å². The van der Waals surface area contributed by atoms with E-state index in [4.69, 9.17) is 0 Å². The van der Waals surface area contributed by atoms with E-state index in [0.29, 0.717) is 12.1 Å². The van der Waals surface area contributed by atoms with Gasteiger partial charge in [-0.25, -0.2) is 4.98 Å². The maximum absolute atomic E-state index is 11.7. The summed E-state index contributed by atoms with van der Waals surface area (Å²) < 4.78 is 0.881. The maximum atomic E-state index is 11.7. The summed E-state index contributed by atoms with van der Waals surface area (Å²) in [5, 5.41) is 1.76. The number of carbonyl (C=O) groups excluding carboxylic acids is 1. The molecule has 2 rings (SSSR count). The Bertz CT molecular complexity index is 470. The van der Waals surface area contributed by atoms with Crippen LogP contribution in [0.3, 0.4) is 0 Å². The van der Waals surface area contributed by atoms with Crippen LogP contribution in [0.15, 0.2) is 33.8 Å². The highest BCUT2D eigenvalue weighted by Gasteiger charge is 2.09. The smallest absolute Gasteiger partial charge is 0.186 e. The van der Waals surface area contributed by atoms with Gasteiger partial charge in [-0.05, 0) is 27.6 Å². The van der Waals surface area contributed by atoms with Gasteiger partial charge in [-0.2, -0.15) is 0 Å². The van der Waals surface area contributed by atoms with Gasteiger partial charge in [0.15, 0.2) is 5.78 Å². The predicted octanol–water partition coefficient (Wildman–Crippen LogP) is 2.73. The largest absolute Gasteiger partial charge is 0.292 e. The second-order valence-electron chi connectivity index (χ2n) is 2.99. The number of aromatic nitrogens is 2. The molecule has 5 heteroatoms. The van der Waals surface area contributed by atoms with Crippen molar-refractivity contribution in [2.45, 2.75) is 6.42 Å². The molecule has 0 aliphatic rings. The van der Waals surface area contributed by atoms with Crippen LogP contribution >= 0.6 is 27.3 Å². The Hall–Kier alpha value is -1.07. The SMILES string of the molecule is O=C(Cc1cncc(Br)c1)c1cscn1. The quantitative estimate of drug-likeness (QED) is 0.813. The van der Waals surface area contributed by atoms with Gasteiger partial charge in [0.05, 0.1) is 5.51 Å². The van der Waals surface area contributed by atoms with Gasteiger partial charge in [0.25, 0.3) is 0 Å². The van der Waals surface area contributed by atoms with E-state index < -0.39 is 0 Å². The van der Waals surface area contributed by atoms with E-state index in [1.165, 1.54) is 11.3 Å². The average molecular weight is 283 g/mol. The first-order valence-corrected chi connectivity index (χ1v) is 6.00. The first-order chi connectivity index (χ1) is 7.25. The van der Waals surface area contributed by atoms with Crippen molar-refractivity contribution < 1.29 is 4.79 Å². The number of nitrogens with zero attached hydrogens (tertiary/aromatic N) is 2. The first kappa shape index (κ1) is 10.4. The van der Waals surface area contributed by atoms with Crippen LogP contribution in [-0.2, 0) is 6.42 Å². The van der Waals surface area contributed by atoms with Gasteiger partial charge in [-0.15, -0.1) is 11.3 Å². The van der Waals surface area contributed by atoms with Crippen molar-refractivity contribution in [3.8, 4) is 0 Å². The molecule has 15 heavy (non-hydrogen) atoms. The highest BCUT2D eigenvalue weighted by atomic mass is 79.9. The maximum Gasteiger partial charge on any atom is 0.186 e. The zero-order chi connectivity index (χ0) is 10.7. The number of pyridine rings is 1. The molecule has 2 aromatic heterocycles. The van der Waals surface area contributed by atoms with E-state index in [2.05, 4.69) is 25.9 Å². The van der Waals surface area contributed by atoms with Crippen LogP contribution in [0.25, 0.3) is 0 Å². The number of Topliss-reactive ketones (excluding diaryl/α,β-unsaturated/α-hetero) is 1. The van der Waals surface area contributed by atoms with Crippen molar-refractivity contribution >= 4 is 33.0 Å². The van der Waals surface area contributed by atoms with Crippen molar-refractivity contribution in [3.05, 3.63) is 45.1 Å². The highest BCUT2D eigenvalue weighted by molar-refractivity contribution is 9.10. The van der Waals surface area contributed by atoms with Crippen LogP contribution in [0.4, 0.5) is 0 Å². The second kappa shape index (κ2) is 4.63. The van der Waals surface area contributed by atoms with E-state index in [1.807, 2.05) is 6.07 Å². The van der Waals surface area contributed by atoms with Gasteiger partial charge in [0, 0.05) is 28.7 Å². The van der Waals surface area contributed by atoms with Crippen LogP contribution in [0.1, 0.15) is 16.1 Å². The first-order valence-electron chi connectivity index (χ1n) is 4.26. The molecular formula is C10H7BrN2OS. The lowest BCUT2D eigenvalue weighted by Gasteiger charge is -1.98. The summed E-state index contributed by atoms with van der Waals surface area (Å²) in [4.78, 5) is 19.7. The minimum absolute atomic E-state index is 0.0242. The van der Waals surface area contributed by atoms with Gasteiger partial charge in [-0.3, -0.25) is 9.78 Å². The normalized spacial score (nSPS) is 10.2. The van der Waals surface area contributed by atoms with Crippen LogP contribution < -0.4 is 0 Å². The van der Waals surface area contributed by atoms with E-state index >= 15 is 0 Å². The number of ketones is 1. The van der Waals surface area contributed by atoms with E-state index in [0.717, 1.165) is 10.0 Å². The van der Waals surface area contributed by atoms with Crippen molar-refractivity contribution in [1.29, 1.82) is 0 Å². The summed E-state index contributed by atoms with van der Waals surface area (Å²) in [6.07, 6.45) is 3.72. The fourth-order valence-corrected chi connectivity index (χ4v) is 2.15. The molecule has 76 valence electrons. The molecule has 3 nitrogen and oxygen atoms in total. The number of rotatable bonds is 3. The van der Waals surface area contributed by atoms with Gasteiger partial charge in [0.2, 0.25) is 0 Å². The standard InChI is InChI=1S/C10H7BrN2OS/c11-8-1-7(3-12-4-8)2-10(14)9-5-15-6-13-9/h1,3-6H,2H2. The highest BCUT2D eigenvalue weighted by Crippen LogP contribution is 2.12. The zero-order valence-electron chi connectivity index (χ0n) is 7.68. The van der Waals surface area contributed by atoms with E-state index in [1.54, 1.807) is 23.3 Å². The molecule has 2 heterocycles. The van der Waals surface area contributed by atoms with Crippen LogP contribution in [0, 0.1) is 0 Å². The molecule has 0 fully saturated rings. The number of hydrogen-bond donors (Lipinski definition) is 0. The van der Waals surface area contributed by atoms with Crippen LogP contribution in [0.5, 0.6) is 0 Å². The zero-order valence-corrected chi connectivity index (χ0v) is 10.1. The summed E-state index contributed by atoms with van der Waals surface area (Å²) in [7, 11) is 0. The third-order valence-corrected chi connectivity index (χ3v) is 2.86. The summed E-state index contributed by atoms with van der Waals surface area (Å²) >= 11 is 4.74. The molecule has 0 aliphatic carbocycles. The predicted molar refractivity (Wildman–Crippen MR) is 62.1 cm³/mol. The minimum Gasteiger partial charge on any atom is -0.292 e. The number of hydrogen-bond acceptors (Lipinski definition) is 4. The molecule has 0 unspecified atom stereocenters. The third-order valence-electron chi connectivity index (χ3n) is 1.84.